The summed E-state index contributed by atoms with van der Waals surface area (Å²) in [6, 6.07) is 23.9. The van der Waals surface area contributed by atoms with Crippen molar-refractivity contribution in [2.45, 2.75) is 63.4 Å². The van der Waals surface area contributed by atoms with E-state index in [0.29, 0.717) is 12.4 Å². The predicted molar refractivity (Wildman–Crippen MR) is 124 cm³/mol. The van der Waals surface area contributed by atoms with Gasteiger partial charge < -0.3 is 28.8 Å². The van der Waals surface area contributed by atoms with Crippen LogP contribution in [0.5, 0.6) is 5.75 Å². The van der Waals surface area contributed by atoms with Crippen molar-refractivity contribution in [2.24, 2.45) is 0 Å². The van der Waals surface area contributed by atoms with Gasteiger partial charge in [-0.05, 0) is 49.2 Å². The maximum atomic E-state index is 10.6. The molecule has 2 saturated heterocycles. The van der Waals surface area contributed by atoms with Crippen molar-refractivity contribution in [1.29, 1.82) is 0 Å². The van der Waals surface area contributed by atoms with E-state index in [9.17, 15) is 5.11 Å². The SMILES string of the molecule is C[C@@H](OCc1ccccc1)[C@@]1(CO)O[C@@H]2OC(C)(C)O[C@@H]2[C@@H]1Oc1ccc2ccccc2c1. The minimum Gasteiger partial charge on any atom is -0.484 e. The highest BCUT2D eigenvalue weighted by Gasteiger charge is 2.65. The van der Waals surface area contributed by atoms with Crippen molar-refractivity contribution < 1.29 is 28.8 Å². The van der Waals surface area contributed by atoms with Gasteiger partial charge in [0.15, 0.2) is 29.9 Å². The van der Waals surface area contributed by atoms with Crippen LogP contribution in [-0.2, 0) is 25.6 Å². The summed E-state index contributed by atoms with van der Waals surface area (Å²) in [6.07, 6.45) is -2.31. The molecule has 2 heterocycles. The van der Waals surface area contributed by atoms with E-state index in [0.717, 1.165) is 16.3 Å². The zero-order chi connectivity index (χ0) is 23.1. The zero-order valence-electron chi connectivity index (χ0n) is 19.1. The number of hydrogen-bond donors (Lipinski definition) is 1. The Kier molecular flexibility index (Phi) is 5.89. The Bertz CT molecular complexity index is 1100. The van der Waals surface area contributed by atoms with Crippen molar-refractivity contribution in [3.8, 4) is 5.75 Å². The van der Waals surface area contributed by atoms with Gasteiger partial charge in [-0.1, -0.05) is 60.7 Å². The third-order valence-corrected chi connectivity index (χ3v) is 6.47. The van der Waals surface area contributed by atoms with Gasteiger partial charge in [0.1, 0.15) is 5.75 Å². The fraction of sp³-hybridized carbons (Fsp3) is 0.407. The Labute approximate surface area is 194 Å². The highest BCUT2D eigenvalue weighted by atomic mass is 16.8. The number of ether oxygens (including phenoxy) is 5. The molecule has 5 atom stereocenters. The van der Waals surface area contributed by atoms with E-state index in [1.165, 1.54) is 0 Å². The minimum absolute atomic E-state index is 0.304. The normalized spacial score (nSPS) is 29.2. The average Bonchev–Trinajstić information content (AvgIpc) is 3.27. The fourth-order valence-electron chi connectivity index (χ4n) is 4.69. The van der Waals surface area contributed by atoms with Crippen molar-refractivity contribution in [2.75, 3.05) is 6.61 Å². The lowest BCUT2D eigenvalue weighted by molar-refractivity contribution is -0.267. The second-order valence-corrected chi connectivity index (χ2v) is 9.19. The zero-order valence-corrected chi connectivity index (χ0v) is 19.1. The van der Waals surface area contributed by atoms with Gasteiger partial charge in [0.25, 0.3) is 0 Å². The van der Waals surface area contributed by atoms with E-state index in [2.05, 4.69) is 6.07 Å². The Morgan fingerprint density at radius 2 is 1.64 bits per heavy atom. The summed E-state index contributed by atoms with van der Waals surface area (Å²) in [4.78, 5) is 0. The molecule has 6 nitrogen and oxygen atoms in total. The van der Waals surface area contributed by atoms with Gasteiger partial charge in [0, 0.05) is 0 Å². The molecule has 0 aliphatic carbocycles. The summed E-state index contributed by atoms with van der Waals surface area (Å²) in [7, 11) is 0. The molecular weight excluding hydrogens is 420 g/mol. The topological polar surface area (TPSA) is 66.4 Å². The van der Waals surface area contributed by atoms with Crippen LogP contribution < -0.4 is 4.74 Å². The van der Waals surface area contributed by atoms with Crippen LogP contribution in [0.2, 0.25) is 0 Å². The molecule has 1 N–H and O–H groups in total. The number of aliphatic hydroxyl groups excluding tert-OH is 1. The van der Waals surface area contributed by atoms with Gasteiger partial charge in [0.2, 0.25) is 0 Å². The molecule has 33 heavy (non-hydrogen) atoms. The number of aliphatic hydroxyl groups is 1. The van der Waals surface area contributed by atoms with E-state index in [4.69, 9.17) is 23.7 Å². The molecule has 0 radical (unpaired) electrons. The molecule has 0 amide bonds. The second-order valence-electron chi connectivity index (χ2n) is 9.19. The smallest absolute Gasteiger partial charge is 0.192 e. The first-order chi connectivity index (χ1) is 15.9. The Morgan fingerprint density at radius 1 is 0.909 bits per heavy atom. The van der Waals surface area contributed by atoms with Crippen LogP contribution in [0.25, 0.3) is 10.8 Å². The quantitative estimate of drug-likeness (QED) is 0.574. The fourth-order valence-corrected chi connectivity index (χ4v) is 4.69. The molecule has 0 spiro atoms. The van der Waals surface area contributed by atoms with Crippen molar-refractivity contribution in [3.63, 3.8) is 0 Å². The summed E-state index contributed by atoms with van der Waals surface area (Å²) < 4.78 is 31.2. The summed E-state index contributed by atoms with van der Waals surface area (Å²) >= 11 is 0. The van der Waals surface area contributed by atoms with E-state index in [1.54, 1.807) is 0 Å². The van der Waals surface area contributed by atoms with Crippen molar-refractivity contribution >= 4 is 10.8 Å². The van der Waals surface area contributed by atoms with Gasteiger partial charge in [0.05, 0.1) is 19.3 Å². The molecule has 2 aliphatic heterocycles. The van der Waals surface area contributed by atoms with Crippen LogP contribution in [-0.4, -0.2) is 47.7 Å². The Balaban J connectivity index is 1.44. The number of benzene rings is 3. The van der Waals surface area contributed by atoms with Crippen LogP contribution in [0, 0.1) is 0 Å². The van der Waals surface area contributed by atoms with Gasteiger partial charge >= 0.3 is 0 Å². The van der Waals surface area contributed by atoms with E-state index in [-0.39, 0.29) is 6.61 Å². The third-order valence-electron chi connectivity index (χ3n) is 6.47. The van der Waals surface area contributed by atoms with Crippen LogP contribution in [0.3, 0.4) is 0 Å². The van der Waals surface area contributed by atoms with E-state index in [1.807, 2.05) is 87.5 Å². The van der Waals surface area contributed by atoms with Gasteiger partial charge in [-0.15, -0.1) is 0 Å². The van der Waals surface area contributed by atoms with Gasteiger partial charge in [-0.3, -0.25) is 0 Å². The molecule has 5 rings (SSSR count). The van der Waals surface area contributed by atoms with Crippen LogP contribution in [0.4, 0.5) is 0 Å². The molecular formula is C27H30O6. The summed E-state index contributed by atoms with van der Waals surface area (Å²) in [6.45, 7) is 5.66. The monoisotopic (exact) mass is 450 g/mol. The van der Waals surface area contributed by atoms with Crippen LogP contribution >= 0.6 is 0 Å². The summed E-state index contributed by atoms with van der Waals surface area (Å²) in [5.41, 5.74) is -0.122. The first-order valence-corrected chi connectivity index (χ1v) is 11.4. The lowest BCUT2D eigenvalue weighted by atomic mass is 9.90. The molecule has 3 aromatic rings. The first kappa shape index (κ1) is 22.3. The summed E-state index contributed by atoms with van der Waals surface area (Å²) in [5.74, 6) is -0.139. The van der Waals surface area contributed by atoms with Crippen LogP contribution in [0.1, 0.15) is 26.3 Å². The average molecular weight is 451 g/mol. The molecule has 3 aromatic carbocycles. The standard InChI is InChI=1S/C27H30O6/c1-18(29-16-19-9-5-4-6-10-19)27(17-28)24(23-25(33-27)32-26(2,3)31-23)30-22-14-13-20-11-7-8-12-21(20)15-22/h4-15,18,23-25,28H,16-17H2,1-3H3/t18-,23-,24+,25+,27-/m1/s1. The molecule has 174 valence electrons. The molecule has 0 bridgehead atoms. The van der Waals surface area contributed by atoms with Gasteiger partial charge in [-0.2, -0.15) is 0 Å². The number of rotatable bonds is 7. The molecule has 0 aromatic heterocycles. The molecule has 0 saturated carbocycles. The maximum absolute atomic E-state index is 10.6. The highest BCUT2D eigenvalue weighted by molar-refractivity contribution is 5.83. The molecule has 2 aliphatic rings. The highest BCUT2D eigenvalue weighted by Crippen LogP contribution is 2.46. The summed E-state index contributed by atoms with van der Waals surface area (Å²) in [5, 5.41) is 12.8. The lowest BCUT2D eigenvalue weighted by Gasteiger charge is -2.39. The Morgan fingerprint density at radius 3 is 2.39 bits per heavy atom. The Hall–Kier alpha value is -2.48. The van der Waals surface area contributed by atoms with Crippen molar-refractivity contribution in [3.05, 3.63) is 78.4 Å². The van der Waals surface area contributed by atoms with Gasteiger partial charge in [-0.25, -0.2) is 0 Å². The van der Waals surface area contributed by atoms with Crippen LogP contribution in [0.15, 0.2) is 72.8 Å². The third kappa shape index (κ3) is 4.25. The van der Waals surface area contributed by atoms with E-state index >= 15 is 0 Å². The predicted octanol–water partition coefficient (Wildman–Crippen LogP) is 4.43. The van der Waals surface area contributed by atoms with E-state index < -0.39 is 36.0 Å². The largest absolute Gasteiger partial charge is 0.484 e. The molecule has 6 heteroatoms. The maximum Gasteiger partial charge on any atom is 0.192 e. The van der Waals surface area contributed by atoms with Crippen molar-refractivity contribution in [1.82, 2.24) is 0 Å². The second kappa shape index (κ2) is 8.70. The lowest BCUT2D eigenvalue weighted by Crippen LogP contribution is -2.58. The number of hydrogen-bond acceptors (Lipinski definition) is 6. The molecule has 2 fully saturated rings. The number of fused-ring (bicyclic) bond motifs is 2. The molecule has 0 unspecified atom stereocenters. The minimum atomic E-state index is -1.16. The first-order valence-electron chi connectivity index (χ1n) is 11.4.